The van der Waals surface area contributed by atoms with Gasteiger partial charge in [0.1, 0.15) is 11.9 Å². The average molecular weight is 459 g/mol. The molecule has 0 aliphatic heterocycles. The number of aryl methyl sites for hydroxylation is 1. The number of nitrogens with zero attached hydrogens (tertiary/aromatic N) is 1. The third-order valence-corrected chi connectivity index (χ3v) is 6.14. The van der Waals surface area contributed by atoms with Crippen molar-refractivity contribution >= 4 is 37.6 Å². The number of halogens is 2. The summed E-state index contributed by atoms with van der Waals surface area (Å²) in [6.07, 6.45) is 1.02. The first-order valence-electron chi connectivity index (χ1n) is 7.04. The van der Waals surface area contributed by atoms with Crippen LogP contribution in [0.5, 0.6) is 0 Å². The van der Waals surface area contributed by atoms with E-state index in [9.17, 15) is 0 Å². The van der Waals surface area contributed by atoms with E-state index in [0.717, 1.165) is 17.5 Å². The molecule has 0 aliphatic rings. The van der Waals surface area contributed by atoms with Crippen molar-refractivity contribution in [1.29, 1.82) is 0 Å². The normalized spacial score (nSPS) is 10.4. The van der Waals surface area contributed by atoms with Gasteiger partial charge in [-0.05, 0) is 37.3 Å². The van der Waals surface area contributed by atoms with Gasteiger partial charge in [0.15, 0.2) is 0 Å². The molecule has 0 aliphatic carbocycles. The molecule has 23 heavy (non-hydrogen) atoms. The Morgan fingerprint density at radius 1 is 0.957 bits per heavy atom. The molecule has 3 rings (SSSR count). The third kappa shape index (κ3) is 6.03. The molecule has 0 saturated carbocycles. The summed E-state index contributed by atoms with van der Waals surface area (Å²) >= 11 is -0.106. The molecule has 0 bridgehead atoms. The van der Waals surface area contributed by atoms with Crippen LogP contribution in [-0.4, -0.2) is 10.2 Å². The topological polar surface area (TPSA) is 28.7 Å². The molecule has 0 fully saturated rings. The molecule has 6 heteroatoms. The summed E-state index contributed by atoms with van der Waals surface area (Å²) < 4.78 is 0. The van der Waals surface area contributed by atoms with Crippen LogP contribution >= 0.6 is 27.0 Å². The molecule has 0 atom stereocenters. The van der Waals surface area contributed by atoms with E-state index in [2.05, 4.69) is 76.9 Å². The average Bonchev–Trinajstić information content (AvgIpc) is 3.00. The Bertz CT molecular complexity index is 653. The van der Waals surface area contributed by atoms with Crippen LogP contribution < -0.4 is 10.6 Å². The van der Waals surface area contributed by atoms with Gasteiger partial charge >= 0.3 is 35.0 Å². The van der Waals surface area contributed by atoms with E-state index >= 15 is 0 Å². The fourth-order valence-electron chi connectivity index (χ4n) is 2.40. The quantitative estimate of drug-likeness (QED) is 0.454. The van der Waals surface area contributed by atoms with Crippen LogP contribution in [-0.2, 0) is 22.1 Å². The molecule has 0 spiro atoms. The van der Waals surface area contributed by atoms with Crippen molar-refractivity contribution in [1.82, 2.24) is 10.2 Å². The Balaban J connectivity index is 0.000000595. The van der Waals surface area contributed by atoms with Crippen molar-refractivity contribution in [3.8, 4) is 0 Å². The number of hydrogen-bond donors (Lipinski definition) is 1. The molecule has 0 saturated heterocycles. The number of aromatic nitrogens is 2. The zero-order valence-corrected chi connectivity index (χ0v) is 16.6. The first-order valence-corrected chi connectivity index (χ1v) is 12.8. The Labute approximate surface area is 154 Å². The van der Waals surface area contributed by atoms with Crippen molar-refractivity contribution < 1.29 is 15.9 Å². The van der Waals surface area contributed by atoms with Crippen molar-refractivity contribution in [2.45, 2.75) is 13.1 Å². The first-order chi connectivity index (χ1) is 11.2. The number of benzene rings is 2. The van der Waals surface area contributed by atoms with Crippen molar-refractivity contribution in [3.05, 3.63) is 78.1 Å². The monoisotopic (exact) mass is 457 g/mol. The summed E-state index contributed by atoms with van der Waals surface area (Å²) in [5.74, 6) is 0. The fourth-order valence-corrected chi connectivity index (χ4v) is 4.87. The van der Waals surface area contributed by atoms with E-state index < -0.39 is 7.92 Å². The molecule has 0 radical (unpaired) electrons. The first kappa shape index (κ1) is 18.7. The molecule has 0 amide bonds. The number of aromatic amines is 1. The van der Waals surface area contributed by atoms with E-state index in [1.807, 2.05) is 6.92 Å². The summed E-state index contributed by atoms with van der Waals surface area (Å²) in [4.78, 5) is 0. The van der Waals surface area contributed by atoms with E-state index in [1.165, 1.54) is 10.6 Å². The fraction of sp³-hybridized carbons (Fsp3) is 0.118. The third-order valence-electron chi connectivity index (χ3n) is 3.36. The molecule has 2 aromatic carbocycles. The van der Waals surface area contributed by atoms with Gasteiger partial charge in [-0.3, -0.25) is 5.10 Å². The summed E-state index contributed by atoms with van der Waals surface area (Å²) in [5.41, 5.74) is 2.28. The maximum absolute atomic E-state index is 4.81. The minimum atomic E-state index is -0.821. The van der Waals surface area contributed by atoms with Crippen LogP contribution in [0.4, 0.5) is 0 Å². The van der Waals surface area contributed by atoms with Gasteiger partial charge in [-0.15, -0.1) is 0 Å². The van der Waals surface area contributed by atoms with E-state index in [4.69, 9.17) is 19.1 Å². The summed E-state index contributed by atoms with van der Waals surface area (Å²) in [6, 6.07) is 23.7. The van der Waals surface area contributed by atoms with Crippen molar-refractivity contribution in [2.75, 3.05) is 0 Å². The number of H-pyrrole nitrogens is 1. The number of nitrogens with one attached hydrogen (secondary N) is 1. The Morgan fingerprint density at radius 3 is 1.83 bits per heavy atom. The Kier molecular flexibility index (Phi) is 8.31. The Hall–Kier alpha value is -0.678. The molecule has 124 valence electrons. The van der Waals surface area contributed by atoms with Gasteiger partial charge in [-0.25, -0.2) is 0 Å². The van der Waals surface area contributed by atoms with Gasteiger partial charge < -0.3 is 0 Å². The van der Waals surface area contributed by atoms with Crippen molar-refractivity contribution in [3.63, 3.8) is 0 Å². The van der Waals surface area contributed by atoms with Gasteiger partial charge in [0, 0.05) is 5.69 Å². The summed E-state index contributed by atoms with van der Waals surface area (Å²) in [6.45, 7) is 2.05. The zero-order valence-electron chi connectivity index (χ0n) is 12.6. The zero-order chi connectivity index (χ0) is 16.5. The van der Waals surface area contributed by atoms with Crippen molar-refractivity contribution in [2.24, 2.45) is 0 Å². The van der Waals surface area contributed by atoms with Crippen LogP contribution in [0.15, 0.2) is 66.7 Å². The molecular weight excluding hydrogens is 441 g/mol. The SMILES string of the molecule is Cc1cc(C[PH+](c2ccccc2)c2ccccc2)n[nH]1.[Cl][Pd][Cl]. The predicted molar refractivity (Wildman–Crippen MR) is 99.2 cm³/mol. The summed E-state index contributed by atoms with van der Waals surface area (Å²) in [7, 11) is 8.81. The second kappa shape index (κ2) is 10.2. The van der Waals surface area contributed by atoms with Gasteiger partial charge in [0.05, 0.1) is 18.5 Å². The molecule has 1 aromatic heterocycles. The second-order valence-electron chi connectivity index (χ2n) is 4.97. The van der Waals surface area contributed by atoms with Crippen LogP contribution in [0, 0.1) is 6.92 Å². The standard InChI is InChI=1S/C17H17N2P.2ClH.Pd/c1-14-12-15(19-18-14)13-20(16-8-4-2-5-9-16)17-10-6-3-7-11-17;;;/h2-12H,13H2,1H3,(H,18,19);2*1H;/q;;;+2/p-1. The van der Waals surface area contributed by atoms with Gasteiger partial charge in [0.25, 0.3) is 0 Å². The second-order valence-corrected chi connectivity index (χ2v) is 9.80. The molecule has 0 unspecified atom stereocenters. The van der Waals surface area contributed by atoms with Gasteiger partial charge in [-0.2, -0.15) is 5.10 Å². The summed E-state index contributed by atoms with van der Waals surface area (Å²) in [5, 5.41) is 10.3. The number of hydrogen-bond acceptors (Lipinski definition) is 1. The minimum absolute atomic E-state index is 0.106. The van der Waals surface area contributed by atoms with Crippen LogP contribution in [0.2, 0.25) is 0 Å². The van der Waals surface area contributed by atoms with E-state index in [-0.39, 0.29) is 15.9 Å². The van der Waals surface area contributed by atoms with Gasteiger partial charge in [-0.1, -0.05) is 36.4 Å². The van der Waals surface area contributed by atoms with E-state index in [0.29, 0.717) is 0 Å². The predicted octanol–water partition coefficient (Wildman–Crippen LogP) is 4.46. The maximum atomic E-state index is 4.81. The molecule has 3 aromatic rings. The molecule has 1 N–H and O–H groups in total. The molecule has 2 nitrogen and oxygen atoms in total. The van der Waals surface area contributed by atoms with Crippen LogP contribution in [0.25, 0.3) is 0 Å². The molecule has 1 heterocycles. The van der Waals surface area contributed by atoms with Crippen LogP contribution in [0.1, 0.15) is 11.4 Å². The Morgan fingerprint density at radius 2 is 1.43 bits per heavy atom. The van der Waals surface area contributed by atoms with Gasteiger partial charge in [0.2, 0.25) is 0 Å². The van der Waals surface area contributed by atoms with Crippen LogP contribution in [0.3, 0.4) is 0 Å². The molecular formula is C17H18Cl2N2PPd+. The van der Waals surface area contributed by atoms with E-state index in [1.54, 1.807) is 0 Å². The number of rotatable bonds is 4.